The number of hydrogen-bond donors (Lipinski definition) is 0. The van der Waals surface area contributed by atoms with Crippen LogP contribution in [0.25, 0.3) is 0 Å². The van der Waals surface area contributed by atoms with E-state index < -0.39 is 0 Å². The van der Waals surface area contributed by atoms with Gasteiger partial charge in [0.05, 0.1) is 16.8 Å². The maximum Gasteiger partial charge on any atom is 0.261 e. The van der Waals surface area contributed by atoms with Crippen LogP contribution in [-0.4, -0.2) is 41.5 Å². The summed E-state index contributed by atoms with van der Waals surface area (Å²) in [5, 5.41) is 0. The smallest absolute Gasteiger partial charge is 0.261 e. The van der Waals surface area contributed by atoms with E-state index in [1.807, 2.05) is 13.0 Å². The fourth-order valence-corrected chi connectivity index (χ4v) is 3.74. The van der Waals surface area contributed by atoms with Crippen molar-refractivity contribution in [3.63, 3.8) is 0 Å². The van der Waals surface area contributed by atoms with Crippen LogP contribution >= 0.6 is 0 Å². The molecular formula is C21H18N2O4. The summed E-state index contributed by atoms with van der Waals surface area (Å²) in [6, 6.07) is 12.1. The summed E-state index contributed by atoms with van der Waals surface area (Å²) in [5.74, 6) is -0.907. The molecule has 0 spiro atoms. The van der Waals surface area contributed by atoms with Gasteiger partial charge in [-0.2, -0.15) is 0 Å². The van der Waals surface area contributed by atoms with E-state index in [2.05, 4.69) is 0 Å². The number of para-hydroxylation sites is 1. The van der Waals surface area contributed by atoms with E-state index in [1.54, 1.807) is 41.3 Å². The molecular weight excluding hydrogens is 344 g/mol. The normalized spacial score (nSPS) is 15.8. The molecule has 2 aliphatic rings. The fourth-order valence-electron chi connectivity index (χ4n) is 3.74. The largest absolute Gasteiger partial charge is 0.311 e. The van der Waals surface area contributed by atoms with E-state index in [0.717, 1.165) is 10.5 Å². The Morgan fingerprint density at radius 3 is 2.22 bits per heavy atom. The number of anilines is 1. The van der Waals surface area contributed by atoms with Gasteiger partial charge in [0.15, 0.2) is 5.78 Å². The molecule has 2 heterocycles. The molecule has 6 nitrogen and oxygen atoms in total. The number of carbonyl (C=O) groups excluding carboxylic acids is 4. The van der Waals surface area contributed by atoms with Gasteiger partial charge in [-0.15, -0.1) is 0 Å². The minimum absolute atomic E-state index is 0.0213. The number of fused-ring (bicyclic) bond motifs is 2. The van der Waals surface area contributed by atoms with E-state index in [-0.39, 0.29) is 42.9 Å². The van der Waals surface area contributed by atoms with Crippen molar-refractivity contribution in [3.05, 3.63) is 64.7 Å². The molecule has 0 aliphatic carbocycles. The zero-order valence-electron chi connectivity index (χ0n) is 14.9. The molecule has 2 aromatic rings. The number of nitrogens with zero attached hydrogens (tertiary/aromatic N) is 2. The molecule has 0 saturated heterocycles. The van der Waals surface area contributed by atoms with Crippen LogP contribution in [0, 0.1) is 6.92 Å². The Morgan fingerprint density at radius 2 is 1.56 bits per heavy atom. The molecule has 0 aromatic heterocycles. The number of benzene rings is 2. The van der Waals surface area contributed by atoms with Gasteiger partial charge in [0.1, 0.15) is 0 Å². The molecule has 0 N–H and O–H groups in total. The lowest BCUT2D eigenvalue weighted by Gasteiger charge is -2.30. The highest BCUT2D eigenvalue weighted by atomic mass is 16.2. The number of amides is 3. The Hall–Kier alpha value is -3.28. The molecule has 136 valence electrons. The van der Waals surface area contributed by atoms with Crippen molar-refractivity contribution in [2.75, 3.05) is 18.0 Å². The molecule has 3 amide bonds. The number of carbonyl (C=O) groups is 4. The van der Waals surface area contributed by atoms with Crippen LogP contribution in [0.4, 0.5) is 5.69 Å². The van der Waals surface area contributed by atoms with Crippen LogP contribution in [-0.2, 0) is 4.79 Å². The summed E-state index contributed by atoms with van der Waals surface area (Å²) in [7, 11) is 0. The summed E-state index contributed by atoms with van der Waals surface area (Å²) in [5.41, 5.74) is 2.80. The Labute approximate surface area is 156 Å². The van der Waals surface area contributed by atoms with Crippen LogP contribution in [0.3, 0.4) is 0 Å². The van der Waals surface area contributed by atoms with Gasteiger partial charge < -0.3 is 4.90 Å². The number of aryl methyl sites for hydroxylation is 1. The van der Waals surface area contributed by atoms with Crippen LogP contribution in [0.2, 0.25) is 0 Å². The first-order chi connectivity index (χ1) is 13.0. The van der Waals surface area contributed by atoms with Gasteiger partial charge in [-0.25, -0.2) is 0 Å². The van der Waals surface area contributed by atoms with E-state index in [1.165, 1.54) is 0 Å². The molecule has 0 radical (unpaired) electrons. The third-order valence-corrected chi connectivity index (χ3v) is 5.10. The molecule has 2 aliphatic heterocycles. The molecule has 0 saturated carbocycles. The van der Waals surface area contributed by atoms with Gasteiger partial charge in [0.2, 0.25) is 5.91 Å². The van der Waals surface area contributed by atoms with Crippen LogP contribution in [0.5, 0.6) is 0 Å². The Morgan fingerprint density at radius 1 is 0.926 bits per heavy atom. The van der Waals surface area contributed by atoms with E-state index in [4.69, 9.17) is 0 Å². The van der Waals surface area contributed by atoms with Gasteiger partial charge in [0.25, 0.3) is 11.8 Å². The zero-order chi connectivity index (χ0) is 19.1. The highest BCUT2D eigenvalue weighted by Crippen LogP contribution is 2.31. The molecule has 0 atom stereocenters. The summed E-state index contributed by atoms with van der Waals surface area (Å²) in [6.45, 7) is 2.20. The standard InChI is InChI=1S/C21H18N2O4/c1-13-5-4-8-16-17(24)9-11-22(19(13)16)18(25)10-12-23-20(26)14-6-2-3-7-15(14)21(23)27/h2-8H,9-12H2,1H3. The van der Waals surface area contributed by atoms with Gasteiger partial charge in [-0.05, 0) is 30.7 Å². The van der Waals surface area contributed by atoms with Crippen LogP contribution in [0.15, 0.2) is 42.5 Å². The second-order valence-electron chi connectivity index (χ2n) is 6.75. The maximum atomic E-state index is 12.8. The fraction of sp³-hybridized carbons (Fsp3) is 0.238. The van der Waals surface area contributed by atoms with Crippen LogP contribution < -0.4 is 4.90 Å². The van der Waals surface area contributed by atoms with E-state index in [0.29, 0.717) is 28.9 Å². The van der Waals surface area contributed by atoms with E-state index >= 15 is 0 Å². The highest BCUT2D eigenvalue weighted by molar-refractivity contribution is 6.21. The molecule has 4 rings (SSSR count). The van der Waals surface area contributed by atoms with Crippen molar-refractivity contribution in [2.45, 2.75) is 19.8 Å². The first-order valence-electron chi connectivity index (χ1n) is 8.87. The minimum Gasteiger partial charge on any atom is -0.311 e. The number of hydrogen-bond acceptors (Lipinski definition) is 4. The predicted molar refractivity (Wildman–Crippen MR) is 98.9 cm³/mol. The highest BCUT2D eigenvalue weighted by Gasteiger charge is 2.36. The molecule has 6 heteroatoms. The minimum atomic E-state index is -0.367. The third-order valence-electron chi connectivity index (χ3n) is 5.10. The Balaban J connectivity index is 1.52. The van der Waals surface area contributed by atoms with Crippen molar-refractivity contribution in [3.8, 4) is 0 Å². The number of imide groups is 1. The average molecular weight is 362 g/mol. The van der Waals surface area contributed by atoms with Gasteiger partial charge in [-0.1, -0.05) is 24.3 Å². The van der Waals surface area contributed by atoms with Gasteiger partial charge in [0, 0.05) is 31.5 Å². The van der Waals surface area contributed by atoms with E-state index in [9.17, 15) is 19.2 Å². The lowest BCUT2D eigenvalue weighted by Crippen LogP contribution is -2.40. The molecule has 2 aromatic carbocycles. The second kappa shape index (κ2) is 6.46. The monoisotopic (exact) mass is 362 g/mol. The summed E-state index contributed by atoms with van der Waals surface area (Å²) in [6.07, 6.45) is 0.294. The van der Waals surface area contributed by atoms with Gasteiger partial charge in [-0.3, -0.25) is 24.1 Å². The van der Waals surface area contributed by atoms with Crippen molar-refractivity contribution in [1.29, 1.82) is 0 Å². The number of Topliss-reactive ketones (excluding diaryl/α,β-unsaturated/α-hetero) is 1. The SMILES string of the molecule is Cc1cccc2c1N(C(=O)CCN1C(=O)c3ccccc3C1=O)CCC2=O. The molecule has 0 unspecified atom stereocenters. The lowest BCUT2D eigenvalue weighted by molar-refractivity contribution is -0.118. The lowest BCUT2D eigenvalue weighted by atomic mass is 9.97. The first-order valence-corrected chi connectivity index (χ1v) is 8.87. The zero-order valence-corrected chi connectivity index (χ0v) is 14.9. The van der Waals surface area contributed by atoms with Crippen molar-refractivity contribution in [2.24, 2.45) is 0 Å². The van der Waals surface area contributed by atoms with Crippen molar-refractivity contribution >= 4 is 29.2 Å². The summed E-state index contributed by atoms with van der Waals surface area (Å²) >= 11 is 0. The topological polar surface area (TPSA) is 74.8 Å². The average Bonchev–Trinajstić information content (AvgIpc) is 2.92. The third kappa shape index (κ3) is 2.73. The first kappa shape index (κ1) is 17.1. The predicted octanol–water partition coefficient (Wildman–Crippen LogP) is 2.60. The quantitative estimate of drug-likeness (QED) is 0.787. The van der Waals surface area contributed by atoms with Crippen molar-refractivity contribution in [1.82, 2.24) is 4.90 Å². The number of ketones is 1. The molecule has 0 fully saturated rings. The molecule has 27 heavy (non-hydrogen) atoms. The second-order valence-corrected chi connectivity index (χ2v) is 6.75. The summed E-state index contributed by atoms with van der Waals surface area (Å²) < 4.78 is 0. The van der Waals surface area contributed by atoms with Crippen LogP contribution in [0.1, 0.15) is 49.5 Å². The number of rotatable bonds is 3. The van der Waals surface area contributed by atoms with Gasteiger partial charge >= 0.3 is 0 Å². The molecule has 0 bridgehead atoms. The Kier molecular flexibility index (Phi) is 4.11. The summed E-state index contributed by atoms with van der Waals surface area (Å²) in [4.78, 5) is 52.6. The van der Waals surface area contributed by atoms with Crippen molar-refractivity contribution < 1.29 is 19.2 Å². The maximum absolute atomic E-state index is 12.8. The Bertz CT molecular complexity index is 960.